The van der Waals surface area contributed by atoms with Gasteiger partial charge in [-0.3, -0.25) is 9.59 Å². The van der Waals surface area contributed by atoms with Crippen molar-refractivity contribution in [3.63, 3.8) is 0 Å². The number of carbonyl (C=O) groups excluding carboxylic acids is 2. The molecule has 0 saturated carbocycles. The van der Waals surface area contributed by atoms with Gasteiger partial charge in [0.1, 0.15) is 0 Å². The monoisotopic (exact) mass is 416 g/mol. The molecule has 1 aliphatic heterocycles. The molecule has 0 spiro atoms. The highest BCUT2D eigenvalue weighted by molar-refractivity contribution is 9.10. The van der Waals surface area contributed by atoms with E-state index in [2.05, 4.69) is 26.6 Å². The fourth-order valence-electron chi connectivity index (χ4n) is 3.23. The van der Waals surface area contributed by atoms with Crippen LogP contribution in [0.1, 0.15) is 25.3 Å². The van der Waals surface area contributed by atoms with Gasteiger partial charge in [-0.25, -0.2) is 0 Å². The van der Waals surface area contributed by atoms with Crippen LogP contribution in [-0.4, -0.2) is 25.0 Å². The molecular formula is C20H21BrN2O3. The molecule has 2 aromatic carbocycles. The molecule has 0 bridgehead atoms. The van der Waals surface area contributed by atoms with Crippen molar-refractivity contribution >= 4 is 39.1 Å². The molecular weight excluding hydrogens is 396 g/mol. The predicted molar refractivity (Wildman–Crippen MR) is 105 cm³/mol. The summed E-state index contributed by atoms with van der Waals surface area (Å²) in [4.78, 5) is 24.3. The van der Waals surface area contributed by atoms with Crippen LogP contribution in [0.4, 0.5) is 11.4 Å². The van der Waals surface area contributed by atoms with Crippen LogP contribution >= 0.6 is 15.9 Å². The molecule has 6 heteroatoms. The maximum atomic E-state index is 13.2. The Kier molecular flexibility index (Phi) is 5.74. The van der Waals surface area contributed by atoms with Crippen molar-refractivity contribution in [2.45, 2.75) is 25.2 Å². The van der Waals surface area contributed by atoms with Gasteiger partial charge in [0.2, 0.25) is 11.8 Å². The number of halogens is 1. The van der Waals surface area contributed by atoms with Crippen LogP contribution in [0.2, 0.25) is 0 Å². The SMILES string of the molecule is CC(=O)Nc1ccc(NC(=O)C2(c3ccc(Br)cc3)CCOCC2)cc1. The number of ether oxygens (including phenoxy) is 1. The minimum atomic E-state index is -0.602. The molecule has 1 fully saturated rings. The van der Waals surface area contributed by atoms with Crippen LogP contribution in [0.25, 0.3) is 0 Å². The van der Waals surface area contributed by atoms with E-state index >= 15 is 0 Å². The molecule has 0 atom stereocenters. The molecule has 0 unspecified atom stereocenters. The Hall–Kier alpha value is -2.18. The summed E-state index contributed by atoms with van der Waals surface area (Å²) in [6.07, 6.45) is 1.29. The minimum absolute atomic E-state index is 0.0320. The number of anilines is 2. The number of carbonyl (C=O) groups is 2. The van der Waals surface area contributed by atoms with Crippen molar-refractivity contribution in [1.29, 1.82) is 0 Å². The van der Waals surface area contributed by atoms with Gasteiger partial charge in [0.15, 0.2) is 0 Å². The van der Waals surface area contributed by atoms with E-state index in [1.54, 1.807) is 24.3 Å². The lowest BCUT2D eigenvalue weighted by Gasteiger charge is -2.36. The Morgan fingerprint density at radius 2 is 1.46 bits per heavy atom. The van der Waals surface area contributed by atoms with Crippen LogP contribution in [0, 0.1) is 0 Å². The fourth-order valence-corrected chi connectivity index (χ4v) is 3.49. The number of hydrogen-bond acceptors (Lipinski definition) is 3. The molecule has 2 aromatic rings. The highest BCUT2D eigenvalue weighted by Gasteiger charge is 2.41. The van der Waals surface area contributed by atoms with Crippen LogP contribution < -0.4 is 10.6 Å². The number of benzene rings is 2. The van der Waals surface area contributed by atoms with Gasteiger partial charge in [0.05, 0.1) is 5.41 Å². The fraction of sp³-hybridized carbons (Fsp3) is 0.300. The number of amides is 2. The second kappa shape index (κ2) is 8.01. The molecule has 136 valence electrons. The Morgan fingerprint density at radius 3 is 2.00 bits per heavy atom. The molecule has 1 saturated heterocycles. The third-order valence-electron chi connectivity index (χ3n) is 4.64. The second-order valence-corrected chi connectivity index (χ2v) is 7.33. The van der Waals surface area contributed by atoms with Gasteiger partial charge >= 0.3 is 0 Å². The molecule has 1 aliphatic rings. The van der Waals surface area contributed by atoms with E-state index in [0.717, 1.165) is 10.0 Å². The van der Waals surface area contributed by atoms with Crippen molar-refractivity contribution in [3.8, 4) is 0 Å². The first-order chi connectivity index (χ1) is 12.5. The summed E-state index contributed by atoms with van der Waals surface area (Å²) in [5.74, 6) is -0.159. The lowest BCUT2D eigenvalue weighted by Crippen LogP contribution is -2.44. The van der Waals surface area contributed by atoms with Crippen molar-refractivity contribution in [2.75, 3.05) is 23.8 Å². The first-order valence-corrected chi connectivity index (χ1v) is 9.32. The molecule has 3 rings (SSSR count). The molecule has 1 heterocycles. The lowest BCUT2D eigenvalue weighted by molar-refractivity contribution is -0.125. The maximum absolute atomic E-state index is 13.2. The third kappa shape index (κ3) is 4.14. The van der Waals surface area contributed by atoms with Gasteiger partial charge < -0.3 is 15.4 Å². The van der Waals surface area contributed by atoms with Gasteiger partial charge in [-0.15, -0.1) is 0 Å². The minimum Gasteiger partial charge on any atom is -0.381 e. The van der Waals surface area contributed by atoms with Crippen LogP contribution in [0.15, 0.2) is 53.0 Å². The largest absolute Gasteiger partial charge is 0.381 e. The average Bonchev–Trinajstić information content (AvgIpc) is 2.64. The molecule has 0 aromatic heterocycles. The Bertz CT molecular complexity index is 782. The first kappa shape index (κ1) is 18.6. The molecule has 0 radical (unpaired) electrons. The summed E-state index contributed by atoms with van der Waals surface area (Å²) in [6.45, 7) is 2.58. The van der Waals surface area contributed by atoms with Gasteiger partial charge in [0.25, 0.3) is 0 Å². The summed E-state index contributed by atoms with van der Waals surface area (Å²) in [5, 5.41) is 5.74. The summed E-state index contributed by atoms with van der Waals surface area (Å²) >= 11 is 3.45. The van der Waals surface area contributed by atoms with Crippen LogP contribution in [0.5, 0.6) is 0 Å². The normalized spacial score (nSPS) is 15.9. The lowest BCUT2D eigenvalue weighted by atomic mass is 9.73. The maximum Gasteiger partial charge on any atom is 0.235 e. The molecule has 2 N–H and O–H groups in total. The van der Waals surface area contributed by atoms with E-state index in [0.29, 0.717) is 37.4 Å². The van der Waals surface area contributed by atoms with E-state index in [-0.39, 0.29) is 11.8 Å². The predicted octanol–water partition coefficient (Wildman–Crippen LogP) is 4.09. The zero-order valence-electron chi connectivity index (χ0n) is 14.5. The molecule has 0 aliphatic carbocycles. The van der Waals surface area contributed by atoms with Crippen molar-refractivity contribution in [3.05, 3.63) is 58.6 Å². The van der Waals surface area contributed by atoms with Gasteiger partial charge in [-0.2, -0.15) is 0 Å². The molecule has 26 heavy (non-hydrogen) atoms. The van der Waals surface area contributed by atoms with Crippen LogP contribution in [0.3, 0.4) is 0 Å². The summed E-state index contributed by atoms with van der Waals surface area (Å²) in [7, 11) is 0. The van der Waals surface area contributed by atoms with Crippen molar-refractivity contribution in [2.24, 2.45) is 0 Å². The number of rotatable bonds is 4. The van der Waals surface area contributed by atoms with E-state index in [1.807, 2.05) is 24.3 Å². The van der Waals surface area contributed by atoms with E-state index < -0.39 is 5.41 Å². The Labute approximate surface area is 161 Å². The van der Waals surface area contributed by atoms with E-state index in [9.17, 15) is 9.59 Å². The van der Waals surface area contributed by atoms with Crippen LogP contribution in [-0.2, 0) is 19.7 Å². The highest BCUT2D eigenvalue weighted by atomic mass is 79.9. The molecule has 2 amide bonds. The zero-order chi connectivity index (χ0) is 18.6. The van der Waals surface area contributed by atoms with E-state index in [1.165, 1.54) is 6.92 Å². The average molecular weight is 417 g/mol. The van der Waals surface area contributed by atoms with Gasteiger partial charge in [-0.05, 0) is 54.8 Å². The standard InChI is InChI=1S/C20H21BrN2O3/c1-14(24)22-17-6-8-18(9-7-17)23-19(25)20(10-12-26-13-11-20)15-2-4-16(21)5-3-15/h2-9H,10-13H2,1H3,(H,22,24)(H,23,25). The summed E-state index contributed by atoms with van der Waals surface area (Å²) in [5.41, 5.74) is 1.79. The third-order valence-corrected chi connectivity index (χ3v) is 5.17. The van der Waals surface area contributed by atoms with Crippen molar-refractivity contribution in [1.82, 2.24) is 0 Å². The molecule has 5 nitrogen and oxygen atoms in total. The van der Waals surface area contributed by atoms with Crippen molar-refractivity contribution < 1.29 is 14.3 Å². The first-order valence-electron chi connectivity index (χ1n) is 8.52. The number of nitrogens with one attached hydrogen (secondary N) is 2. The summed E-state index contributed by atoms with van der Waals surface area (Å²) in [6, 6.07) is 15.0. The smallest absolute Gasteiger partial charge is 0.235 e. The second-order valence-electron chi connectivity index (χ2n) is 6.41. The number of hydrogen-bond donors (Lipinski definition) is 2. The quantitative estimate of drug-likeness (QED) is 0.788. The summed E-state index contributed by atoms with van der Waals surface area (Å²) < 4.78 is 6.48. The zero-order valence-corrected chi connectivity index (χ0v) is 16.1. The Morgan fingerprint density at radius 1 is 0.923 bits per heavy atom. The Balaban J connectivity index is 1.82. The topological polar surface area (TPSA) is 67.4 Å². The van der Waals surface area contributed by atoms with E-state index in [4.69, 9.17) is 4.74 Å². The van der Waals surface area contributed by atoms with Gasteiger partial charge in [-0.1, -0.05) is 28.1 Å². The highest BCUT2D eigenvalue weighted by Crippen LogP contribution is 2.36. The van der Waals surface area contributed by atoms with Gasteiger partial charge in [0, 0.05) is 36.0 Å².